The molecule has 3 heteroatoms. The van der Waals surface area contributed by atoms with Gasteiger partial charge in [-0.3, -0.25) is 0 Å². The Kier molecular flexibility index (Phi) is 7.82. The third kappa shape index (κ3) is 6.39. The van der Waals surface area contributed by atoms with Gasteiger partial charge >= 0.3 is 0 Å². The minimum atomic E-state index is 0.209. The third-order valence-corrected chi connectivity index (χ3v) is 3.58. The molecule has 0 heterocycles. The first-order chi connectivity index (χ1) is 8.24. The lowest BCUT2D eigenvalue weighted by atomic mass is 9.86. The van der Waals surface area contributed by atoms with Crippen LogP contribution in [0, 0.1) is 5.92 Å². The third-order valence-electron chi connectivity index (χ3n) is 3.58. The Bertz CT molecular complexity index is 187. The van der Waals surface area contributed by atoms with E-state index in [4.69, 9.17) is 9.47 Å². The van der Waals surface area contributed by atoms with Gasteiger partial charge in [0.2, 0.25) is 0 Å². The minimum Gasteiger partial charge on any atom is -0.379 e. The van der Waals surface area contributed by atoms with E-state index in [-0.39, 0.29) is 6.10 Å². The Morgan fingerprint density at radius 1 is 1.29 bits per heavy atom. The van der Waals surface area contributed by atoms with Crippen LogP contribution in [-0.2, 0) is 9.47 Å². The van der Waals surface area contributed by atoms with Crippen LogP contribution in [0.15, 0.2) is 0 Å². The van der Waals surface area contributed by atoms with Crippen molar-refractivity contribution in [2.75, 3.05) is 26.4 Å². The van der Waals surface area contributed by atoms with E-state index < -0.39 is 0 Å². The lowest BCUT2D eigenvalue weighted by Crippen LogP contribution is -2.39. The van der Waals surface area contributed by atoms with Crippen molar-refractivity contribution in [2.45, 2.75) is 58.6 Å². The maximum Gasteiger partial charge on any atom is 0.0781 e. The van der Waals surface area contributed by atoms with Crippen molar-refractivity contribution in [2.24, 2.45) is 5.92 Å². The van der Waals surface area contributed by atoms with E-state index in [0.29, 0.717) is 12.6 Å². The fourth-order valence-corrected chi connectivity index (χ4v) is 2.46. The molecule has 17 heavy (non-hydrogen) atoms. The number of rotatable bonds is 8. The van der Waals surface area contributed by atoms with Gasteiger partial charge in [-0.1, -0.05) is 19.8 Å². The zero-order valence-corrected chi connectivity index (χ0v) is 11.7. The van der Waals surface area contributed by atoms with Crippen LogP contribution < -0.4 is 5.32 Å². The van der Waals surface area contributed by atoms with Crippen LogP contribution in [0.25, 0.3) is 0 Å². The van der Waals surface area contributed by atoms with Gasteiger partial charge in [0, 0.05) is 19.2 Å². The zero-order valence-electron chi connectivity index (χ0n) is 11.7. The van der Waals surface area contributed by atoms with Crippen LogP contribution in [0.4, 0.5) is 0 Å². The van der Waals surface area contributed by atoms with Crippen molar-refractivity contribution >= 4 is 0 Å². The molecule has 1 fully saturated rings. The van der Waals surface area contributed by atoms with Crippen molar-refractivity contribution in [1.29, 1.82) is 0 Å². The Morgan fingerprint density at radius 3 is 2.76 bits per heavy atom. The molecule has 0 aliphatic heterocycles. The summed E-state index contributed by atoms with van der Waals surface area (Å²) in [7, 11) is 0. The molecule has 0 bridgehead atoms. The summed E-state index contributed by atoms with van der Waals surface area (Å²) in [5, 5.41) is 3.62. The lowest BCUT2D eigenvalue weighted by molar-refractivity contribution is -0.00306. The highest BCUT2D eigenvalue weighted by Gasteiger charge is 2.20. The van der Waals surface area contributed by atoms with Crippen molar-refractivity contribution in [3.63, 3.8) is 0 Å². The Morgan fingerprint density at radius 2 is 2.06 bits per heavy atom. The molecular formula is C14H29NO2. The van der Waals surface area contributed by atoms with Gasteiger partial charge < -0.3 is 14.8 Å². The number of ether oxygens (including phenoxy) is 2. The summed E-state index contributed by atoms with van der Waals surface area (Å²) in [6.45, 7) is 9.66. The average Bonchev–Trinajstić information content (AvgIpc) is 2.34. The SMILES string of the molecule is CCOCC(C)OCCNC1CCCCC1C. The van der Waals surface area contributed by atoms with Crippen LogP contribution in [0.3, 0.4) is 0 Å². The number of hydrogen-bond donors (Lipinski definition) is 1. The molecule has 1 saturated carbocycles. The van der Waals surface area contributed by atoms with Gasteiger partial charge in [0.05, 0.1) is 19.3 Å². The monoisotopic (exact) mass is 243 g/mol. The van der Waals surface area contributed by atoms with E-state index >= 15 is 0 Å². The standard InChI is InChI=1S/C14H29NO2/c1-4-16-11-13(3)17-10-9-15-14-8-6-5-7-12(14)2/h12-15H,4-11H2,1-3H3. The average molecular weight is 243 g/mol. The van der Waals surface area contributed by atoms with Crippen molar-refractivity contribution in [3.8, 4) is 0 Å². The van der Waals surface area contributed by atoms with Crippen LogP contribution in [0.2, 0.25) is 0 Å². The molecular weight excluding hydrogens is 214 g/mol. The Hall–Kier alpha value is -0.120. The fourth-order valence-electron chi connectivity index (χ4n) is 2.46. The highest BCUT2D eigenvalue weighted by atomic mass is 16.5. The van der Waals surface area contributed by atoms with Gasteiger partial charge in [-0.15, -0.1) is 0 Å². The highest BCUT2D eigenvalue weighted by molar-refractivity contribution is 4.77. The van der Waals surface area contributed by atoms with Crippen molar-refractivity contribution < 1.29 is 9.47 Å². The second-order valence-corrected chi connectivity index (χ2v) is 5.16. The molecule has 3 atom stereocenters. The molecule has 0 saturated heterocycles. The first-order valence-corrected chi connectivity index (χ1v) is 7.16. The molecule has 3 nitrogen and oxygen atoms in total. The molecule has 1 aliphatic rings. The minimum absolute atomic E-state index is 0.209. The smallest absolute Gasteiger partial charge is 0.0781 e. The topological polar surface area (TPSA) is 30.5 Å². The summed E-state index contributed by atoms with van der Waals surface area (Å²) in [5.41, 5.74) is 0. The zero-order chi connectivity index (χ0) is 12.5. The molecule has 1 aliphatic carbocycles. The highest BCUT2D eigenvalue weighted by Crippen LogP contribution is 2.23. The van der Waals surface area contributed by atoms with Gasteiger partial charge in [0.1, 0.15) is 0 Å². The van der Waals surface area contributed by atoms with Crippen molar-refractivity contribution in [1.82, 2.24) is 5.32 Å². The maximum absolute atomic E-state index is 5.68. The Balaban J connectivity index is 1.99. The number of nitrogens with one attached hydrogen (secondary N) is 1. The second kappa shape index (κ2) is 8.90. The summed E-state index contributed by atoms with van der Waals surface area (Å²) in [6, 6.07) is 0.703. The quantitative estimate of drug-likeness (QED) is 0.665. The largest absolute Gasteiger partial charge is 0.379 e. The van der Waals surface area contributed by atoms with Gasteiger partial charge in [0.15, 0.2) is 0 Å². The molecule has 1 rings (SSSR count). The van der Waals surface area contributed by atoms with Crippen LogP contribution in [-0.4, -0.2) is 38.5 Å². The molecule has 0 aromatic heterocycles. The summed E-state index contributed by atoms with van der Waals surface area (Å²) < 4.78 is 11.0. The molecule has 1 N–H and O–H groups in total. The maximum atomic E-state index is 5.68. The van der Waals surface area contributed by atoms with Gasteiger partial charge in [-0.05, 0) is 32.6 Å². The molecule has 0 spiro atoms. The normalized spacial score (nSPS) is 27.0. The van der Waals surface area contributed by atoms with Gasteiger partial charge in [0.25, 0.3) is 0 Å². The summed E-state index contributed by atoms with van der Waals surface area (Å²) in [4.78, 5) is 0. The summed E-state index contributed by atoms with van der Waals surface area (Å²) >= 11 is 0. The predicted octanol–water partition coefficient (Wildman–Crippen LogP) is 2.60. The first-order valence-electron chi connectivity index (χ1n) is 7.16. The molecule has 102 valence electrons. The van der Waals surface area contributed by atoms with Crippen LogP contribution in [0.1, 0.15) is 46.5 Å². The van der Waals surface area contributed by atoms with E-state index in [0.717, 1.165) is 25.7 Å². The lowest BCUT2D eigenvalue weighted by Gasteiger charge is -2.29. The van der Waals surface area contributed by atoms with E-state index in [1.54, 1.807) is 0 Å². The van der Waals surface area contributed by atoms with E-state index in [2.05, 4.69) is 19.2 Å². The van der Waals surface area contributed by atoms with Crippen molar-refractivity contribution in [3.05, 3.63) is 0 Å². The first kappa shape index (κ1) is 14.9. The van der Waals surface area contributed by atoms with Gasteiger partial charge in [-0.2, -0.15) is 0 Å². The van der Waals surface area contributed by atoms with Gasteiger partial charge in [-0.25, -0.2) is 0 Å². The predicted molar refractivity (Wildman–Crippen MR) is 71.3 cm³/mol. The summed E-state index contributed by atoms with van der Waals surface area (Å²) in [6.07, 6.45) is 5.69. The molecule has 0 radical (unpaired) electrons. The Labute approximate surface area is 106 Å². The van der Waals surface area contributed by atoms with E-state index in [1.165, 1.54) is 25.7 Å². The second-order valence-electron chi connectivity index (χ2n) is 5.16. The summed E-state index contributed by atoms with van der Waals surface area (Å²) in [5.74, 6) is 0.824. The van der Waals surface area contributed by atoms with Crippen LogP contribution in [0.5, 0.6) is 0 Å². The number of hydrogen-bond acceptors (Lipinski definition) is 3. The molecule has 3 unspecified atom stereocenters. The molecule has 0 aromatic rings. The van der Waals surface area contributed by atoms with Crippen LogP contribution >= 0.6 is 0 Å². The molecule has 0 amide bonds. The van der Waals surface area contributed by atoms with E-state index in [9.17, 15) is 0 Å². The fraction of sp³-hybridized carbons (Fsp3) is 1.00. The van der Waals surface area contributed by atoms with E-state index in [1.807, 2.05) is 6.92 Å². The molecule has 0 aromatic carbocycles.